The number of carbonyl (C=O) groups is 2. The van der Waals surface area contributed by atoms with E-state index in [9.17, 15) is 9.59 Å². The number of aryl methyl sites for hydroxylation is 1. The Morgan fingerprint density at radius 3 is 2.48 bits per heavy atom. The molecule has 5 nitrogen and oxygen atoms in total. The number of carbonyl (C=O) groups excluding carboxylic acids is 2. The summed E-state index contributed by atoms with van der Waals surface area (Å²) in [5.74, 6) is 0.618. The van der Waals surface area contributed by atoms with Crippen molar-refractivity contribution < 1.29 is 23.8 Å². The van der Waals surface area contributed by atoms with E-state index in [0.717, 1.165) is 12.0 Å². The number of esters is 1. The van der Waals surface area contributed by atoms with Crippen molar-refractivity contribution in [1.29, 1.82) is 0 Å². The van der Waals surface area contributed by atoms with E-state index in [1.807, 2.05) is 19.1 Å². The molecule has 0 aliphatic heterocycles. The fraction of sp³-hybridized carbons (Fsp3) is 0.500. The smallest absolute Gasteiger partial charge is 0.306 e. The molecule has 116 valence electrons. The first kappa shape index (κ1) is 17.0. The highest BCUT2D eigenvalue weighted by Crippen LogP contribution is 2.28. The largest absolute Gasteiger partial charge is 0.493 e. The van der Waals surface area contributed by atoms with Gasteiger partial charge >= 0.3 is 5.97 Å². The number of ether oxygens (including phenoxy) is 3. The lowest BCUT2D eigenvalue weighted by atomic mass is 10.1. The SMILES string of the molecule is CCOC(=O)CCC(=O)COc1ccc(CC)cc1OC. The minimum atomic E-state index is -0.365. The van der Waals surface area contributed by atoms with Crippen LogP contribution in [0.5, 0.6) is 11.5 Å². The molecule has 1 aromatic rings. The highest BCUT2D eigenvalue weighted by atomic mass is 16.5. The minimum Gasteiger partial charge on any atom is -0.493 e. The lowest BCUT2D eigenvalue weighted by Gasteiger charge is -2.11. The van der Waals surface area contributed by atoms with E-state index in [-0.39, 0.29) is 31.2 Å². The van der Waals surface area contributed by atoms with Crippen LogP contribution in [-0.2, 0) is 20.7 Å². The highest BCUT2D eigenvalue weighted by molar-refractivity contribution is 5.84. The van der Waals surface area contributed by atoms with Crippen molar-refractivity contribution in [2.45, 2.75) is 33.1 Å². The Balaban J connectivity index is 2.47. The molecular formula is C16H22O5. The second-order valence-electron chi connectivity index (χ2n) is 4.47. The van der Waals surface area contributed by atoms with Crippen LogP contribution in [0, 0.1) is 0 Å². The summed E-state index contributed by atoms with van der Waals surface area (Å²) < 4.78 is 15.5. The summed E-state index contributed by atoms with van der Waals surface area (Å²) in [6.07, 6.45) is 1.10. The molecule has 0 aliphatic carbocycles. The van der Waals surface area contributed by atoms with E-state index in [0.29, 0.717) is 18.1 Å². The van der Waals surface area contributed by atoms with Gasteiger partial charge in [-0.1, -0.05) is 13.0 Å². The molecule has 5 heteroatoms. The van der Waals surface area contributed by atoms with Crippen LogP contribution in [0.25, 0.3) is 0 Å². The van der Waals surface area contributed by atoms with Gasteiger partial charge in [0.25, 0.3) is 0 Å². The monoisotopic (exact) mass is 294 g/mol. The van der Waals surface area contributed by atoms with Crippen LogP contribution in [0.15, 0.2) is 18.2 Å². The number of hydrogen-bond acceptors (Lipinski definition) is 5. The van der Waals surface area contributed by atoms with Crippen LogP contribution in [-0.4, -0.2) is 32.1 Å². The standard InChI is InChI=1S/C16H22O5/c1-4-12-6-8-14(15(10-12)19-3)21-11-13(17)7-9-16(18)20-5-2/h6,8,10H,4-5,7,9,11H2,1-3H3. The molecule has 0 atom stereocenters. The van der Waals surface area contributed by atoms with Gasteiger partial charge in [-0.3, -0.25) is 9.59 Å². The van der Waals surface area contributed by atoms with Crippen LogP contribution in [0.2, 0.25) is 0 Å². The molecule has 0 N–H and O–H groups in total. The third kappa shape index (κ3) is 5.85. The second kappa shape index (κ2) is 9.00. The number of benzene rings is 1. The Hall–Kier alpha value is -2.04. The van der Waals surface area contributed by atoms with Gasteiger partial charge in [0.05, 0.1) is 20.1 Å². The summed E-state index contributed by atoms with van der Waals surface area (Å²) in [5.41, 5.74) is 1.13. The Morgan fingerprint density at radius 2 is 1.86 bits per heavy atom. The van der Waals surface area contributed by atoms with Gasteiger partial charge in [-0.25, -0.2) is 0 Å². The van der Waals surface area contributed by atoms with Gasteiger partial charge in [0, 0.05) is 6.42 Å². The molecule has 1 aromatic carbocycles. The van der Waals surface area contributed by atoms with E-state index in [2.05, 4.69) is 0 Å². The van der Waals surface area contributed by atoms with E-state index in [4.69, 9.17) is 14.2 Å². The van der Waals surface area contributed by atoms with Crippen molar-refractivity contribution in [3.8, 4) is 11.5 Å². The van der Waals surface area contributed by atoms with Gasteiger partial charge in [0.15, 0.2) is 17.3 Å². The van der Waals surface area contributed by atoms with E-state index in [1.165, 1.54) is 0 Å². The Bertz CT molecular complexity index is 482. The summed E-state index contributed by atoms with van der Waals surface area (Å²) in [4.78, 5) is 22.8. The van der Waals surface area contributed by atoms with Crippen molar-refractivity contribution in [2.75, 3.05) is 20.3 Å². The molecule has 0 bridgehead atoms. The number of ketones is 1. The Labute approximate surface area is 125 Å². The van der Waals surface area contributed by atoms with Gasteiger partial charge < -0.3 is 14.2 Å². The Kier molecular flexibility index (Phi) is 7.29. The van der Waals surface area contributed by atoms with Crippen LogP contribution >= 0.6 is 0 Å². The zero-order chi connectivity index (χ0) is 15.7. The summed E-state index contributed by atoms with van der Waals surface area (Å²) in [6.45, 7) is 4.02. The van der Waals surface area contributed by atoms with Crippen LogP contribution in [0.4, 0.5) is 0 Å². The minimum absolute atomic E-state index is 0.0821. The van der Waals surface area contributed by atoms with Gasteiger partial charge in [-0.05, 0) is 31.0 Å². The lowest BCUT2D eigenvalue weighted by molar-refractivity contribution is -0.144. The maximum atomic E-state index is 11.7. The summed E-state index contributed by atoms with van der Waals surface area (Å²) >= 11 is 0. The lowest BCUT2D eigenvalue weighted by Crippen LogP contribution is -2.14. The molecule has 0 amide bonds. The van der Waals surface area contributed by atoms with E-state index >= 15 is 0 Å². The van der Waals surface area contributed by atoms with Crippen molar-refractivity contribution in [3.05, 3.63) is 23.8 Å². The summed E-state index contributed by atoms with van der Waals surface area (Å²) in [5, 5.41) is 0. The molecule has 0 unspecified atom stereocenters. The molecule has 21 heavy (non-hydrogen) atoms. The first-order valence-electron chi connectivity index (χ1n) is 7.07. The molecule has 0 aromatic heterocycles. The first-order valence-corrected chi connectivity index (χ1v) is 7.07. The molecule has 0 saturated carbocycles. The fourth-order valence-corrected chi connectivity index (χ4v) is 1.76. The quantitative estimate of drug-likeness (QED) is 0.655. The topological polar surface area (TPSA) is 61.8 Å². The normalized spacial score (nSPS) is 10.0. The number of Topliss-reactive ketones (excluding diaryl/α,β-unsaturated/α-hetero) is 1. The Morgan fingerprint density at radius 1 is 1.10 bits per heavy atom. The molecule has 0 radical (unpaired) electrons. The average molecular weight is 294 g/mol. The van der Waals surface area contributed by atoms with Crippen molar-refractivity contribution in [2.24, 2.45) is 0 Å². The van der Waals surface area contributed by atoms with E-state index in [1.54, 1.807) is 20.1 Å². The fourth-order valence-electron chi connectivity index (χ4n) is 1.76. The number of hydrogen-bond donors (Lipinski definition) is 0. The molecule has 0 fully saturated rings. The molecule has 0 heterocycles. The second-order valence-corrected chi connectivity index (χ2v) is 4.47. The summed E-state index contributed by atoms with van der Waals surface area (Å²) in [7, 11) is 1.56. The zero-order valence-electron chi connectivity index (χ0n) is 12.8. The molecule has 0 spiro atoms. The predicted octanol–water partition coefficient (Wildman–Crippen LogP) is 2.55. The maximum absolute atomic E-state index is 11.7. The zero-order valence-corrected chi connectivity index (χ0v) is 12.8. The number of rotatable bonds is 9. The van der Waals surface area contributed by atoms with Gasteiger partial charge in [-0.15, -0.1) is 0 Å². The third-order valence-electron chi connectivity index (χ3n) is 2.94. The molecular weight excluding hydrogens is 272 g/mol. The van der Waals surface area contributed by atoms with Gasteiger partial charge in [-0.2, -0.15) is 0 Å². The summed E-state index contributed by atoms with van der Waals surface area (Å²) in [6, 6.07) is 5.61. The maximum Gasteiger partial charge on any atom is 0.306 e. The molecule has 0 saturated heterocycles. The van der Waals surface area contributed by atoms with Gasteiger partial charge in [0.1, 0.15) is 6.61 Å². The predicted molar refractivity (Wildman–Crippen MR) is 78.7 cm³/mol. The highest BCUT2D eigenvalue weighted by Gasteiger charge is 2.10. The van der Waals surface area contributed by atoms with Crippen molar-refractivity contribution in [1.82, 2.24) is 0 Å². The van der Waals surface area contributed by atoms with Crippen LogP contribution in [0.3, 0.4) is 0 Å². The molecule has 0 aliphatic rings. The van der Waals surface area contributed by atoms with E-state index < -0.39 is 0 Å². The van der Waals surface area contributed by atoms with Crippen LogP contribution < -0.4 is 9.47 Å². The first-order chi connectivity index (χ1) is 10.1. The number of methoxy groups -OCH3 is 1. The van der Waals surface area contributed by atoms with Crippen molar-refractivity contribution in [3.63, 3.8) is 0 Å². The van der Waals surface area contributed by atoms with Crippen molar-refractivity contribution >= 4 is 11.8 Å². The van der Waals surface area contributed by atoms with Gasteiger partial charge in [0.2, 0.25) is 0 Å². The average Bonchev–Trinajstić information content (AvgIpc) is 2.51. The van der Waals surface area contributed by atoms with Crippen LogP contribution in [0.1, 0.15) is 32.3 Å². The molecule has 1 rings (SSSR count). The third-order valence-corrected chi connectivity index (χ3v) is 2.94.